The van der Waals surface area contributed by atoms with Gasteiger partial charge < -0.3 is 14.5 Å². The number of carbonyl (C=O) groups is 2. The topological polar surface area (TPSA) is 85.6 Å². The van der Waals surface area contributed by atoms with Gasteiger partial charge in [0.25, 0.3) is 5.91 Å². The highest BCUT2D eigenvalue weighted by Gasteiger charge is 2.22. The van der Waals surface area contributed by atoms with Crippen LogP contribution in [0, 0.1) is 0 Å². The van der Waals surface area contributed by atoms with Crippen molar-refractivity contribution in [2.24, 2.45) is 0 Å². The van der Waals surface area contributed by atoms with Gasteiger partial charge in [0.1, 0.15) is 5.60 Å². The predicted molar refractivity (Wildman–Crippen MR) is 139 cm³/mol. The third kappa shape index (κ3) is 7.54. The summed E-state index contributed by atoms with van der Waals surface area (Å²) in [5.41, 5.74) is 1.02. The number of amides is 1. The highest BCUT2D eigenvalue weighted by Crippen LogP contribution is 2.24. The normalized spacial score (nSPS) is 11.4. The number of anilines is 1. The van der Waals surface area contributed by atoms with Crippen LogP contribution in [0.2, 0.25) is 0 Å². The van der Waals surface area contributed by atoms with Gasteiger partial charge in [-0.2, -0.15) is 0 Å². The Morgan fingerprint density at radius 1 is 0.943 bits per heavy atom. The van der Waals surface area contributed by atoms with Crippen LogP contribution < -0.4 is 10.7 Å². The molecule has 0 aliphatic rings. The van der Waals surface area contributed by atoms with Crippen LogP contribution in [0.1, 0.15) is 92.7 Å². The Hall–Kier alpha value is -3.41. The van der Waals surface area contributed by atoms with E-state index in [1.807, 2.05) is 12.1 Å². The molecule has 0 saturated heterocycles. The van der Waals surface area contributed by atoms with Crippen molar-refractivity contribution in [3.8, 4) is 0 Å². The number of unbranched alkanes of at least 4 members (excludes halogenated alkanes) is 5. The fraction of sp³-hybridized carbons (Fsp3) is 0.414. The first-order chi connectivity index (χ1) is 16.7. The van der Waals surface area contributed by atoms with E-state index in [0.29, 0.717) is 11.3 Å². The molecule has 0 fully saturated rings. The second-order valence-electron chi connectivity index (χ2n) is 9.83. The number of rotatable bonds is 10. The molecule has 0 radical (unpaired) electrons. The van der Waals surface area contributed by atoms with Crippen LogP contribution in [0.15, 0.2) is 57.7 Å². The third-order valence-corrected chi connectivity index (χ3v) is 5.64. The number of nitrogens with one attached hydrogen (secondary N) is 1. The minimum atomic E-state index is -0.737. The highest BCUT2D eigenvalue weighted by molar-refractivity contribution is 6.08. The van der Waals surface area contributed by atoms with Crippen molar-refractivity contribution in [2.75, 3.05) is 5.32 Å². The minimum Gasteiger partial charge on any atom is -0.454 e. The predicted octanol–water partition coefficient (Wildman–Crippen LogP) is 6.90. The number of hydrogen-bond acceptors (Lipinski definition) is 5. The quantitative estimate of drug-likeness (QED) is 0.253. The van der Waals surface area contributed by atoms with Crippen LogP contribution in [0.5, 0.6) is 0 Å². The molecular formula is C29H35NO5. The molecule has 0 saturated carbocycles. The zero-order valence-electron chi connectivity index (χ0n) is 21.1. The molecule has 0 spiro atoms. The standard InChI is InChI=1S/C29H35NO5/c1-5-6-7-8-9-10-12-20-15-17-21(18-16-20)27(32)30-23-14-11-13-22-24(31)19-25(34-26(22)23)28(33)35-29(2,3)4/h11,13-19H,5-10,12H2,1-4H3,(H,30,32). The van der Waals surface area contributed by atoms with Gasteiger partial charge in [0.15, 0.2) is 11.0 Å². The fourth-order valence-corrected chi connectivity index (χ4v) is 3.83. The van der Waals surface area contributed by atoms with Crippen LogP contribution in [0.25, 0.3) is 11.0 Å². The monoisotopic (exact) mass is 477 g/mol. The summed E-state index contributed by atoms with van der Waals surface area (Å²) >= 11 is 0. The second-order valence-corrected chi connectivity index (χ2v) is 9.83. The Bertz CT molecular complexity index is 1220. The largest absolute Gasteiger partial charge is 0.454 e. The zero-order valence-corrected chi connectivity index (χ0v) is 21.1. The van der Waals surface area contributed by atoms with Crippen LogP contribution >= 0.6 is 0 Å². The lowest BCUT2D eigenvalue weighted by atomic mass is 10.0. The van der Waals surface area contributed by atoms with E-state index in [1.165, 1.54) is 37.7 Å². The molecule has 186 valence electrons. The van der Waals surface area contributed by atoms with E-state index in [1.54, 1.807) is 51.1 Å². The van der Waals surface area contributed by atoms with Crippen molar-refractivity contribution in [1.29, 1.82) is 0 Å². The summed E-state index contributed by atoms with van der Waals surface area (Å²) in [5, 5.41) is 3.08. The number of para-hydroxylation sites is 1. The maximum atomic E-state index is 12.9. The number of benzene rings is 2. The summed E-state index contributed by atoms with van der Waals surface area (Å²) in [6.07, 6.45) is 8.47. The van der Waals surface area contributed by atoms with E-state index in [9.17, 15) is 14.4 Å². The molecule has 0 bridgehead atoms. The van der Waals surface area contributed by atoms with E-state index in [-0.39, 0.29) is 28.1 Å². The lowest BCUT2D eigenvalue weighted by molar-refractivity contribution is 0.00364. The summed E-state index contributed by atoms with van der Waals surface area (Å²) in [7, 11) is 0. The molecule has 6 heteroatoms. The number of ether oxygens (including phenoxy) is 1. The lowest BCUT2D eigenvalue weighted by Gasteiger charge is -2.19. The summed E-state index contributed by atoms with van der Waals surface area (Å²) in [5.74, 6) is -1.27. The Labute approximate surface area is 206 Å². The SMILES string of the molecule is CCCCCCCCc1ccc(C(=O)Nc2cccc3c(=O)cc(C(=O)OC(C)(C)C)oc23)cc1. The van der Waals surface area contributed by atoms with Gasteiger partial charge in [-0.05, 0) is 63.4 Å². The number of esters is 1. The Kier molecular flexibility index (Phi) is 8.85. The highest BCUT2D eigenvalue weighted by atomic mass is 16.6. The summed E-state index contributed by atoms with van der Waals surface area (Å²) < 4.78 is 11.0. The van der Waals surface area contributed by atoms with E-state index in [4.69, 9.17) is 9.15 Å². The van der Waals surface area contributed by atoms with Gasteiger partial charge in [-0.3, -0.25) is 9.59 Å². The summed E-state index contributed by atoms with van der Waals surface area (Å²) in [4.78, 5) is 37.9. The summed E-state index contributed by atoms with van der Waals surface area (Å²) in [6.45, 7) is 7.41. The van der Waals surface area contributed by atoms with Gasteiger partial charge in [0.05, 0.1) is 11.1 Å². The van der Waals surface area contributed by atoms with Crippen LogP contribution in [-0.4, -0.2) is 17.5 Å². The van der Waals surface area contributed by atoms with Crippen molar-refractivity contribution in [2.45, 2.75) is 78.2 Å². The van der Waals surface area contributed by atoms with Gasteiger partial charge in [-0.25, -0.2) is 4.79 Å². The Balaban J connectivity index is 1.72. The molecule has 1 aromatic heterocycles. The van der Waals surface area contributed by atoms with E-state index < -0.39 is 11.6 Å². The third-order valence-electron chi connectivity index (χ3n) is 5.64. The molecular weight excluding hydrogens is 442 g/mol. The van der Waals surface area contributed by atoms with Crippen molar-refractivity contribution in [3.05, 3.63) is 75.6 Å². The van der Waals surface area contributed by atoms with E-state index >= 15 is 0 Å². The Morgan fingerprint density at radius 2 is 1.63 bits per heavy atom. The van der Waals surface area contributed by atoms with Crippen LogP contribution in [0.3, 0.4) is 0 Å². The fourth-order valence-electron chi connectivity index (χ4n) is 3.83. The van der Waals surface area contributed by atoms with Gasteiger partial charge in [0, 0.05) is 11.6 Å². The molecule has 0 aliphatic heterocycles. The first kappa shape index (κ1) is 26.2. The smallest absolute Gasteiger partial charge is 0.374 e. The van der Waals surface area contributed by atoms with Gasteiger partial charge in [-0.1, -0.05) is 57.2 Å². The van der Waals surface area contributed by atoms with Gasteiger partial charge >= 0.3 is 5.97 Å². The molecule has 3 rings (SSSR count). The van der Waals surface area contributed by atoms with Crippen molar-refractivity contribution in [3.63, 3.8) is 0 Å². The molecule has 2 aromatic carbocycles. The molecule has 6 nitrogen and oxygen atoms in total. The maximum absolute atomic E-state index is 12.9. The average Bonchev–Trinajstić information content (AvgIpc) is 2.81. The summed E-state index contributed by atoms with van der Waals surface area (Å²) in [6, 6.07) is 13.6. The number of aryl methyl sites for hydroxylation is 1. The lowest BCUT2D eigenvalue weighted by Crippen LogP contribution is -2.24. The molecule has 1 heterocycles. The average molecular weight is 478 g/mol. The molecule has 1 N–H and O–H groups in total. The maximum Gasteiger partial charge on any atom is 0.374 e. The number of fused-ring (bicyclic) bond motifs is 1. The van der Waals surface area contributed by atoms with Gasteiger partial charge in [-0.15, -0.1) is 0 Å². The molecule has 1 amide bonds. The first-order valence-electron chi connectivity index (χ1n) is 12.4. The van der Waals surface area contributed by atoms with Gasteiger partial charge in [0.2, 0.25) is 5.76 Å². The van der Waals surface area contributed by atoms with E-state index in [0.717, 1.165) is 18.9 Å². The van der Waals surface area contributed by atoms with Crippen molar-refractivity contribution >= 4 is 28.5 Å². The van der Waals surface area contributed by atoms with Crippen LogP contribution in [-0.2, 0) is 11.2 Å². The number of hydrogen-bond donors (Lipinski definition) is 1. The minimum absolute atomic E-state index is 0.133. The molecule has 0 aliphatic carbocycles. The number of carbonyl (C=O) groups excluding carboxylic acids is 2. The van der Waals surface area contributed by atoms with Crippen LogP contribution in [0.4, 0.5) is 5.69 Å². The zero-order chi connectivity index (χ0) is 25.4. The Morgan fingerprint density at radius 3 is 2.31 bits per heavy atom. The molecule has 0 atom stereocenters. The molecule has 0 unspecified atom stereocenters. The second kappa shape index (κ2) is 11.8. The van der Waals surface area contributed by atoms with Crippen molar-refractivity contribution < 1.29 is 18.7 Å². The molecule has 3 aromatic rings. The van der Waals surface area contributed by atoms with Crippen molar-refractivity contribution in [1.82, 2.24) is 0 Å². The van der Waals surface area contributed by atoms with E-state index in [2.05, 4.69) is 12.2 Å². The first-order valence-corrected chi connectivity index (χ1v) is 12.4. The molecule has 35 heavy (non-hydrogen) atoms.